The van der Waals surface area contributed by atoms with Crippen LogP contribution in [0.15, 0.2) is 40.8 Å². The maximum absolute atomic E-state index is 8.96. The summed E-state index contributed by atoms with van der Waals surface area (Å²) in [7, 11) is 0. The molecular weight excluding hydrogens is 238 g/mol. The van der Waals surface area contributed by atoms with Crippen molar-refractivity contribution in [2.75, 3.05) is 0 Å². The van der Waals surface area contributed by atoms with Crippen LogP contribution in [-0.4, -0.2) is 5.11 Å². The summed E-state index contributed by atoms with van der Waals surface area (Å²) in [6.07, 6.45) is 1.02. The highest BCUT2D eigenvalue weighted by Crippen LogP contribution is 2.18. The van der Waals surface area contributed by atoms with Crippen molar-refractivity contribution in [3.05, 3.63) is 59.0 Å². The number of furan rings is 1. The van der Waals surface area contributed by atoms with E-state index < -0.39 is 0 Å². The van der Waals surface area contributed by atoms with E-state index in [1.165, 1.54) is 11.1 Å². The number of nitrogens with one attached hydrogen (secondary N) is 1. The third-order valence-corrected chi connectivity index (χ3v) is 3.28. The minimum absolute atomic E-state index is 0.0465. The summed E-state index contributed by atoms with van der Waals surface area (Å²) in [6, 6.07) is 12.6. The van der Waals surface area contributed by atoms with E-state index in [4.69, 9.17) is 9.52 Å². The first-order valence-corrected chi connectivity index (χ1v) is 6.71. The highest BCUT2D eigenvalue weighted by molar-refractivity contribution is 5.24. The fraction of sp³-hybridized carbons (Fsp3) is 0.375. The monoisotopic (exact) mass is 259 g/mol. The standard InChI is InChI=1S/C16H21NO2/c1-3-16(13-6-4-12(2)5-7-13)17-10-14-8-9-15(11-18)19-14/h4-9,16-18H,3,10-11H2,1-2H3. The Bertz CT molecular complexity index is 502. The van der Waals surface area contributed by atoms with E-state index in [0.717, 1.165) is 12.2 Å². The molecule has 0 saturated heterocycles. The van der Waals surface area contributed by atoms with Gasteiger partial charge in [-0.05, 0) is 31.0 Å². The van der Waals surface area contributed by atoms with Gasteiger partial charge >= 0.3 is 0 Å². The maximum atomic E-state index is 8.96. The van der Waals surface area contributed by atoms with Crippen LogP contribution >= 0.6 is 0 Å². The fourth-order valence-electron chi connectivity index (χ4n) is 2.12. The Labute approximate surface area is 114 Å². The Morgan fingerprint density at radius 3 is 2.37 bits per heavy atom. The van der Waals surface area contributed by atoms with Crippen LogP contribution in [0.25, 0.3) is 0 Å². The van der Waals surface area contributed by atoms with E-state index >= 15 is 0 Å². The molecule has 0 fully saturated rings. The van der Waals surface area contributed by atoms with Crippen molar-refractivity contribution in [3.63, 3.8) is 0 Å². The number of benzene rings is 1. The number of hydrogen-bond donors (Lipinski definition) is 2. The zero-order valence-corrected chi connectivity index (χ0v) is 11.5. The zero-order valence-electron chi connectivity index (χ0n) is 11.5. The highest BCUT2D eigenvalue weighted by atomic mass is 16.4. The predicted octanol–water partition coefficient (Wildman–Crippen LogP) is 3.32. The molecule has 1 aromatic heterocycles. The molecule has 2 rings (SSSR count). The third kappa shape index (κ3) is 3.69. The lowest BCUT2D eigenvalue weighted by Crippen LogP contribution is -2.19. The smallest absolute Gasteiger partial charge is 0.129 e. The second kappa shape index (κ2) is 6.55. The summed E-state index contributed by atoms with van der Waals surface area (Å²) in [4.78, 5) is 0. The molecular formula is C16H21NO2. The van der Waals surface area contributed by atoms with Gasteiger partial charge in [-0.2, -0.15) is 0 Å². The van der Waals surface area contributed by atoms with Crippen molar-refractivity contribution < 1.29 is 9.52 Å². The van der Waals surface area contributed by atoms with Crippen LogP contribution in [0, 0.1) is 6.92 Å². The number of aryl methyl sites for hydroxylation is 1. The SMILES string of the molecule is CCC(NCc1ccc(CO)o1)c1ccc(C)cc1. The minimum Gasteiger partial charge on any atom is -0.462 e. The first-order chi connectivity index (χ1) is 9.22. The van der Waals surface area contributed by atoms with Gasteiger partial charge in [-0.3, -0.25) is 0 Å². The minimum atomic E-state index is -0.0465. The molecule has 1 aromatic carbocycles. The Kier molecular flexibility index (Phi) is 4.77. The van der Waals surface area contributed by atoms with Crippen LogP contribution < -0.4 is 5.32 Å². The van der Waals surface area contributed by atoms with E-state index in [-0.39, 0.29) is 6.61 Å². The summed E-state index contributed by atoms with van der Waals surface area (Å²) >= 11 is 0. The Hall–Kier alpha value is -1.58. The topological polar surface area (TPSA) is 45.4 Å². The van der Waals surface area contributed by atoms with E-state index in [1.54, 1.807) is 0 Å². The van der Waals surface area contributed by atoms with Gasteiger partial charge in [-0.15, -0.1) is 0 Å². The average Bonchev–Trinajstić information content (AvgIpc) is 2.89. The molecule has 0 radical (unpaired) electrons. The van der Waals surface area contributed by atoms with Gasteiger partial charge in [0, 0.05) is 6.04 Å². The van der Waals surface area contributed by atoms with Crippen molar-refractivity contribution >= 4 is 0 Å². The second-order valence-electron chi connectivity index (χ2n) is 4.78. The lowest BCUT2D eigenvalue weighted by Gasteiger charge is -2.17. The lowest BCUT2D eigenvalue weighted by molar-refractivity contribution is 0.242. The fourth-order valence-corrected chi connectivity index (χ4v) is 2.12. The molecule has 3 nitrogen and oxygen atoms in total. The Morgan fingerprint density at radius 1 is 1.11 bits per heavy atom. The van der Waals surface area contributed by atoms with Gasteiger partial charge in [0.05, 0.1) is 6.54 Å². The van der Waals surface area contributed by atoms with E-state index in [9.17, 15) is 0 Å². The number of rotatable bonds is 6. The second-order valence-corrected chi connectivity index (χ2v) is 4.78. The van der Waals surface area contributed by atoms with E-state index in [0.29, 0.717) is 18.3 Å². The van der Waals surface area contributed by atoms with Crippen LogP contribution in [0.2, 0.25) is 0 Å². The number of hydrogen-bond acceptors (Lipinski definition) is 3. The Morgan fingerprint density at radius 2 is 1.79 bits per heavy atom. The molecule has 19 heavy (non-hydrogen) atoms. The maximum Gasteiger partial charge on any atom is 0.129 e. The molecule has 0 aliphatic carbocycles. The van der Waals surface area contributed by atoms with Crippen LogP contribution in [0.4, 0.5) is 0 Å². The first kappa shape index (κ1) is 13.8. The molecule has 0 saturated carbocycles. The molecule has 2 N–H and O–H groups in total. The van der Waals surface area contributed by atoms with Gasteiger partial charge in [0.2, 0.25) is 0 Å². The molecule has 1 heterocycles. The van der Waals surface area contributed by atoms with Gasteiger partial charge in [-0.1, -0.05) is 36.8 Å². The molecule has 0 aliphatic heterocycles. The van der Waals surface area contributed by atoms with Crippen molar-refractivity contribution in [2.24, 2.45) is 0 Å². The van der Waals surface area contributed by atoms with Gasteiger partial charge in [0.1, 0.15) is 18.1 Å². The van der Waals surface area contributed by atoms with Crippen molar-refractivity contribution in [1.29, 1.82) is 0 Å². The zero-order chi connectivity index (χ0) is 13.7. The van der Waals surface area contributed by atoms with Gasteiger partial charge in [-0.25, -0.2) is 0 Å². The van der Waals surface area contributed by atoms with E-state index in [2.05, 4.69) is 43.4 Å². The van der Waals surface area contributed by atoms with Crippen LogP contribution in [0.3, 0.4) is 0 Å². The number of aliphatic hydroxyl groups excluding tert-OH is 1. The van der Waals surface area contributed by atoms with Crippen molar-refractivity contribution in [3.8, 4) is 0 Å². The van der Waals surface area contributed by atoms with E-state index in [1.807, 2.05) is 12.1 Å². The normalized spacial score (nSPS) is 12.6. The molecule has 0 amide bonds. The first-order valence-electron chi connectivity index (χ1n) is 6.71. The summed E-state index contributed by atoms with van der Waals surface area (Å²) in [5, 5.41) is 12.4. The molecule has 0 aliphatic rings. The molecule has 1 unspecified atom stereocenters. The molecule has 0 bridgehead atoms. The van der Waals surface area contributed by atoms with Gasteiger partial charge in [0.15, 0.2) is 0 Å². The lowest BCUT2D eigenvalue weighted by atomic mass is 10.0. The molecule has 0 spiro atoms. The van der Waals surface area contributed by atoms with Crippen LogP contribution in [0.1, 0.15) is 42.0 Å². The third-order valence-electron chi connectivity index (χ3n) is 3.28. The Balaban J connectivity index is 1.97. The van der Waals surface area contributed by atoms with Crippen molar-refractivity contribution in [2.45, 2.75) is 39.5 Å². The summed E-state index contributed by atoms with van der Waals surface area (Å²) < 4.78 is 5.47. The molecule has 1 atom stereocenters. The summed E-state index contributed by atoms with van der Waals surface area (Å²) in [5.41, 5.74) is 2.57. The van der Waals surface area contributed by atoms with Gasteiger partial charge in [0.25, 0.3) is 0 Å². The number of aliphatic hydroxyl groups is 1. The molecule has 102 valence electrons. The molecule has 3 heteroatoms. The quantitative estimate of drug-likeness (QED) is 0.836. The predicted molar refractivity (Wildman–Crippen MR) is 75.7 cm³/mol. The molecule has 2 aromatic rings. The van der Waals surface area contributed by atoms with Gasteiger partial charge < -0.3 is 14.8 Å². The van der Waals surface area contributed by atoms with Crippen LogP contribution in [0.5, 0.6) is 0 Å². The summed E-state index contributed by atoms with van der Waals surface area (Å²) in [6.45, 7) is 4.89. The highest BCUT2D eigenvalue weighted by Gasteiger charge is 2.09. The average molecular weight is 259 g/mol. The van der Waals surface area contributed by atoms with Crippen molar-refractivity contribution in [1.82, 2.24) is 5.32 Å². The summed E-state index contributed by atoms with van der Waals surface area (Å²) in [5.74, 6) is 1.47. The van der Waals surface area contributed by atoms with Crippen LogP contribution in [-0.2, 0) is 13.2 Å². The largest absolute Gasteiger partial charge is 0.462 e.